The second kappa shape index (κ2) is 4.63. The van der Waals surface area contributed by atoms with E-state index in [1.807, 2.05) is 17.7 Å². The van der Waals surface area contributed by atoms with Crippen molar-refractivity contribution in [1.82, 2.24) is 14.9 Å². The summed E-state index contributed by atoms with van der Waals surface area (Å²) in [4.78, 5) is 4.36. The van der Waals surface area contributed by atoms with Crippen molar-refractivity contribution >= 4 is 11.0 Å². The van der Waals surface area contributed by atoms with E-state index in [9.17, 15) is 5.11 Å². The Morgan fingerprint density at radius 3 is 3.06 bits per heavy atom. The van der Waals surface area contributed by atoms with Crippen LogP contribution >= 0.6 is 0 Å². The molecule has 1 atom stereocenters. The zero-order valence-corrected chi connectivity index (χ0v) is 9.64. The van der Waals surface area contributed by atoms with Crippen LogP contribution in [0.5, 0.6) is 0 Å². The second-order valence-electron chi connectivity index (χ2n) is 4.06. The van der Waals surface area contributed by atoms with Gasteiger partial charge < -0.3 is 15.0 Å². The van der Waals surface area contributed by atoms with Crippen molar-refractivity contribution in [1.29, 1.82) is 0 Å². The summed E-state index contributed by atoms with van der Waals surface area (Å²) >= 11 is 0. The van der Waals surface area contributed by atoms with Crippen LogP contribution in [-0.4, -0.2) is 27.8 Å². The third-order valence-electron chi connectivity index (χ3n) is 2.54. The molecule has 0 saturated carbocycles. The fourth-order valence-corrected chi connectivity index (χ4v) is 1.95. The van der Waals surface area contributed by atoms with Gasteiger partial charge in [0.15, 0.2) is 0 Å². The number of aliphatic hydroxyl groups is 1. The number of pyridine rings is 1. The molecule has 16 heavy (non-hydrogen) atoms. The Morgan fingerprint density at radius 2 is 2.38 bits per heavy atom. The number of fused-ring (bicyclic) bond motifs is 1. The average Bonchev–Trinajstić information content (AvgIpc) is 2.58. The van der Waals surface area contributed by atoms with Crippen LogP contribution in [0.25, 0.3) is 11.0 Å². The lowest BCUT2D eigenvalue weighted by atomic mass is 10.2. The normalized spacial score (nSPS) is 13.2. The standard InChI is InChI=1S/C12H17N3O/c1-9(16)7-15-8-10(6-13-2)11-4-3-5-14-12(11)15/h3-5,8-9,13,16H,6-7H2,1-2H3. The first kappa shape index (κ1) is 11.1. The second-order valence-corrected chi connectivity index (χ2v) is 4.06. The summed E-state index contributed by atoms with van der Waals surface area (Å²) in [6, 6.07) is 4.00. The maximum Gasteiger partial charge on any atom is 0.140 e. The van der Waals surface area contributed by atoms with E-state index in [4.69, 9.17) is 0 Å². The highest BCUT2D eigenvalue weighted by Crippen LogP contribution is 2.19. The molecule has 0 aliphatic heterocycles. The van der Waals surface area contributed by atoms with Crippen LogP contribution in [0.3, 0.4) is 0 Å². The first-order valence-electron chi connectivity index (χ1n) is 5.47. The molecule has 2 N–H and O–H groups in total. The van der Waals surface area contributed by atoms with Crippen LogP contribution in [0.15, 0.2) is 24.5 Å². The largest absolute Gasteiger partial charge is 0.392 e. The molecule has 0 amide bonds. The fraction of sp³-hybridized carbons (Fsp3) is 0.417. The summed E-state index contributed by atoms with van der Waals surface area (Å²) in [7, 11) is 1.92. The third-order valence-corrected chi connectivity index (χ3v) is 2.54. The number of hydrogen-bond acceptors (Lipinski definition) is 3. The molecular weight excluding hydrogens is 202 g/mol. The highest BCUT2D eigenvalue weighted by molar-refractivity contribution is 5.80. The van der Waals surface area contributed by atoms with Gasteiger partial charge in [-0.3, -0.25) is 0 Å². The van der Waals surface area contributed by atoms with Crippen molar-refractivity contribution in [2.24, 2.45) is 0 Å². The Hall–Kier alpha value is -1.39. The number of rotatable bonds is 4. The van der Waals surface area contributed by atoms with Crippen LogP contribution in [0.2, 0.25) is 0 Å². The molecule has 0 fully saturated rings. The van der Waals surface area contributed by atoms with Crippen LogP contribution in [0.1, 0.15) is 12.5 Å². The van der Waals surface area contributed by atoms with Gasteiger partial charge in [-0.05, 0) is 31.7 Å². The molecule has 1 unspecified atom stereocenters. The Bertz CT molecular complexity index is 476. The van der Waals surface area contributed by atoms with E-state index in [1.54, 1.807) is 13.1 Å². The number of aromatic nitrogens is 2. The van der Waals surface area contributed by atoms with Crippen molar-refractivity contribution in [2.75, 3.05) is 7.05 Å². The van der Waals surface area contributed by atoms with E-state index >= 15 is 0 Å². The van der Waals surface area contributed by atoms with Gasteiger partial charge in [0.05, 0.1) is 6.10 Å². The van der Waals surface area contributed by atoms with Gasteiger partial charge in [-0.2, -0.15) is 0 Å². The van der Waals surface area contributed by atoms with Crippen molar-refractivity contribution < 1.29 is 5.11 Å². The van der Waals surface area contributed by atoms with Crippen molar-refractivity contribution in [3.63, 3.8) is 0 Å². The highest BCUT2D eigenvalue weighted by atomic mass is 16.3. The summed E-state index contributed by atoms with van der Waals surface area (Å²) < 4.78 is 2.01. The maximum absolute atomic E-state index is 9.44. The minimum absolute atomic E-state index is 0.361. The summed E-state index contributed by atoms with van der Waals surface area (Å²) in [6.07, 6.45) is 3.48. The lowest BCUT2D eigenvalue weighted by Crippen LogP contribution is -2.11. The van der Waals surface area contributed by atoms with E-state index in [2.05, 4.69) is 22.6 Å². The summed E-state index contributed by atoms with van der Waals surface area (Å²) in [5.74, 6) is 0. The average molecular weight is 219 g/mol. The number of aliphatic hydroxyl groups excluding tert-OH is 1. The molecule has 2 heterocycles. The van der Waals surface area contributed by atoms with Crippen molar-refractivity contribution in [3.8, 4) is 0 Å². The van der Waals surface area contributed by atoms with Gasteiger partial charge in [0.2, 0.25) is 0 Å². The molecule has 4 heteroatoms. The number of nitrogens with zero attached hydrogens (tertiary/aromatic N) is 2. The molecule has 0 saturated heterocycles. The maximum atomic E-state index is 9.44. The van der Waals surface area contributed by atoms with E-state index in [1.165, 1.54) is 5.56 Å². The quantitative estimate of drug-likeness (QED) is 0.810. The molecule has 4 nitrogen and oxygen atoms in total. The molecule has 0 radical (unpaired) electrons. The van der Waals surface area contributed by atoms with Crippen LogP contribution in [-0.2, 0) is 13.1 Å². The van der Waals surface area contributed by atoms with Crippen LogP contribution < -0.4 is 5.32 Å². The minimum Gasteiger partial charge on any atom is -0.392 e. The predicted molar refractivity (Wildman–Crippen MR) is 64.2 cm³/mol. The van der Waals surface area contributed by atoms with Gasteiger partial charge in [0, 0.05) is 30.9 Å². The molecule has 0 aromatic carbocycles. The highest BCUT2D eigenvalue weighted by Gasteiger charge is 2.09. The van der Waals surface area contributed by atoms with Crippen molar-refractivity contribution in [2.45, 2.75) is 26.1 Å². The van der Waals surface area contributed by atoms with Gasteiger partial charge in [0.1, 0.15) is 5.65 Å². The van der Waals surface area contributed by atoms with Crippen LogP contribution in [0.4, 0.5) is 0 Å². The molecule has 0 bridgehead atoms. The molecule has 0 spiro atoms. The zero-order chi connectivity index (χ0) is 11.5. The Kier molecular flexibility index (Phi) is 3.22. The first-order chi connectivity index (χ1) is 7.72. The third kappa shape index (κ3) is 2.08. The lowest BCUT2D eigenvalue weighted by Gasteiger charge is -2.06. The molecule has 2 aromatic heterocycles. The molecule has 86 valence electrons. The SMILES string of the molecule is CNCc1cn(CC(C)O)c2ncccc12. The topological polar surface area (TPSA) is 50.1 Å². The molecular formula is C12H17N3O. The fourth-order valence-electron chi connectivity index (χ4n) is 1.95. The monoisotopic (exact) mass is 219 g/mol. The lowest BCUT2D eigenvalue weighted by molar-refractivity contribution is 0.175. The molecule has 2 aromatic rings. The smallest absolute Gasteiger partial charge is 0.140 e. The van der Waals surface area contributed by atoms with Gasteiger partial charge in [0.25, 0.3) is 0 Å². The minimum atomic E-state index is -0.361. The predicted octanol–water partition coefficient (Wildman–Crippen LogP) is 1.14. The number of nitrogens with one attached hydrogen (secondary N) is 1. The number of hydrogen-bond donors (Lipinski definition) is 2. The van der Waals surface area contributed by atoms with E-state index in [0.717, 1.165) is 17.6 Å². The van der Waals surface area contributed by atoms with E-state index in [0.29, 0.717) is 6.54 Å². The summed E-state index contributed by atoms with van der Waals surface area (Å²) in [5.41, 5.74) is 2.15. The Labute approximate surface area is 94.9 Å². The van der Waals surface area contributed by atoms with Gasteiger partial charge in [-0.25, -0.2) is 4.98 Å². The van der Waals surface area contributed by atoms with Gasteiger partial charge >= 0.3 is 0 Å². The zero-order valence-electron chi connectivity index (χ0n) is 9.64. The van der Waals surface area contributed by atoms with E-state index < -0.39 is 0 Å². The summed E-state index contributed by atoms with van der Waals surface area (Å²) in [5, 5.41) is 13.7. The first-order valence-corrected chi connectivity index (χ1v) is 5.47. The van der Waals surface area contributed by atoms with Crippen LogP contribution in [0, 0.1) is 0 Å². The Morgan fingerprint density at radius 1 is 1.56 bits per heavy atom. The van der Waals surface area contributed by atoms with Gasteiger partial charge in [-0.15, -0.1) is 0 Å². The molecule has 0 aliphatic rings. The van der Waals surface area contributed by atoms with E-state index in [-0.39, 0.29) is 6.10 Å². The van der Waals surface area contributed by atoms with Gasteiger partial charge in [-0.1, -0.05) is 0 Å². The Balaban J connectivity index is 2.48. The summed E-state index contributed by atoms with van der Waals surface area (Å²) in [6.45, 7) is 3.18. The van der Waals surface area contributed by atoms with Crippen molar-refractivity contribution in [3.05, 3.63) is 30.1 Å². The molecule has 0 aliphatic carbocycles. The molecule has 2 rings (SSSR count).